The summed E-state index contributed by atoms with van der Waals surface area (Å²) in [6, 6.07) is 12.1. The van der Waals surface area contributed by atoms with E-state index in [2.05, 4.69) is 4.98 Å². The molecule has 28 heavy (non-hydrogen) atoms. The maximum atomic E-state index is 14.0. The molecule has 5 nitrogen and oxygen atoms in total. The van der Waals surface area contributed by atoms with Crippen molar-refractivity contribution in [3.05, 3.63) is 64.9 Å². The van der Waals surface area contributed by atoms with Gasteiger partial charge in [-0.25, -0.2) is 9.37 Å². The molecule has 0 radical (unpaired) electrons. The molecule has 0 fully saturated rings. The smallest absolute Gasteiger partial charge is 0.273 e. The minimum absolute atomic E-state index is 0.198. The Labute approximate surface area is 166 Å². The van der Waals surface area contributed by atoms with Crippen molar-refractivity contribution in [3.8, 4) is 22.1 Å². The van der Waals surface area contributed by atoms with Crippen LogP contribution in [0.5, 0.6) is 11.5 Å². The first-order chi connectivity index (χ1) is 13.7. The number of nitrogens with zero attached hydrogens (tertiary/aromatic N) is 2. The normalized spacial score (nSPS) is 12.6. The number of thiazole rings is 1. The number of hydrogen-bond acceptors (Lipinski definition) is 5. The van der Waals surface area contributed by atoms with Crippen molar-refractivity contribution in [1.82, 2.24) is 9.88 Å². The van der Waals surface area contributed by atoms with E-state index in [1.54, 1.807) is 28.5 Å². The van der Waals surface area contributed by atoms with Gasteiger partial charge in [-0.2, -0.15) is 0 Å². The van der Waals surface area contributed by atoms with Crippen LogP contribution in [0.4, 0.5) is 4.39 Å². The van der Waals surface area contributed by atoms with Gasteiger partial charge in [0.2, 0.25) is 0 Å². The molecule has 2 heterocycles. The first-order valence-electron chi connectivity index (χ1n) is 9.04. The van der Waals surface area contributed by atoms with Crippen molar-refractivity contribution >= 4 is 17.2 Å². The van der Waals surface area contributed by atoms with Gasteiger partial charge in [0.25, 0.3) is 5.91 Å². The molecule has 4 rings (SSSR count). The van der Waals surface area contributed by atoms with E-state index in [-0.39, 0.29) is 11.7 Å². The van der Waals surface area contributed by atoms with Gasteiger partial charge in [0.15, 0.2) is 11.5 Å². The fourth-order valence-electron chi connectivity index (χ4n) is 3.08. The Kier molecular flexibility index (Phi) is 5.25. The van der Waals surface area contributed by atoms with E-state index in [1.165, 1.54) is 17.4 Å². The molecule has 0 spiro atoms. The number of carbonyl (C=O) groups is 1. The Morgan fingerprint density at radius 1 is 1.18 bits per heavy atom. The number of halogens is 1. The van der Waals surface area contributed by atoms with Crippen molar-refractivity contribution in [2.75, 3.05) is 19.8 Å². The van der Waals surface area contributed by atoms with Crippen LogP contribution in [-0.4, -0.2) is 35.5 Å². The summed E-state index contributed by atoms with van der Waals surface area (Å²) in [5.74, 6) is 0.833. The molecule has 1 aromatic heterocycles. The Morgan fingerprint density at radius 3 is 2.82 bits per heavy atom. The van der Waals surface area contributed by atoms with Crippen LogP contribution in [0.2, 0.25) is 0 Å². The Morgan fingerprint density at radius 2 is 2.00 bits per heavy atom. The van der Waals surface area contributed by atoms with Gasteiger partial charge in [0, 0.05) is 29.6 Å². The molecule has 1 aliphatic heterocycles. The van der Waals surface area contributed by atoms with Crippen LogP contribution >= 0.6 is 11.3 Å². The average molecular weight is 398 g/mol. The number of aromatic nitrogens is 1. The number of rotatable bonds is 5. The minimum Gasteiger partial charge on any atom is -0.486 e. The summed E-state index contributed by atoms with van der Waals surface area (Å²) in [6.07, 6.45) is 0. The lowest BCUT2D eigenvalue weighted by atomic mass is 10.1. The molecule has 0 saturated carbocycles. The third-order valence-electron chi connectivity index (χ3n) is 4.51. The Bertz CT molecular complexity index is 1000. The van der Waals surface area contributed by atoms with Crippen LogP contribution in [0.3, 0.4) is 0 Å². The molecule has 144 valence electrons. The maximum Gasteiger partial charge on any atom is 0.273 e. The van der Waals surface area contributed by atoms with Gasteiger partial charge >= 0.3 is 0 Å². The van der Waals surface area contributed by atoms with Gasteiger partial charge in [-0.15, -0.1) is 11.3 Å². The second-order valence-electron chi connectivity index (χ2n) is 6.28. The van der Waals surface area contributed by atoms with Crippen molar-refractivity contribution < 1.29 is 18.7 Å². The third-order valence-corrected chi connectivity index (χ3v) is 5.38. The van der Waals surface area contributed by atoms with Crippen LogP contribution in [0.25, 0.3) is 10.6 Å². The maximum absolute atomic E-state index is 14.0. The zero-order valence-electron chi connectivity index (χ0n) is 15.4. The monoisotopic (exact) mass is 398 g/mol. The molecule has 0 unspecified atom stereocenters. The van der Waals surface area contributed by atoms with Gasteiger partial charge in [-0.3, -0.25) is 4.79 Å². The fourth-order valence-corrected chi connectivity index (χ4v) is 3.90. The summed E-state index contributed by atoms with van der Waals surface area (Å²) in [5.41, 5.74) is 1.60. The molecule has 2 aromatic carbocycles. The van der Waals surface area contributed by atoms with Gasteiger partial charge < -0.3 is 14.4 Å². The van der Waals surface area contributed by atoms with Crippen LogP contribution in [0.1, 0.15) is 23.0 Å². The lowest BCUT2D eigenvalue weighted by molar-refractivity contribution is 0.0744. The SMILES string of the molecule is CCN(Cc1cccc2c1OCCO2)C(=O)c1csc(-c2ccccc2F)n1. The van der Waals surface area contributed by atoms with Crippen LogP contribution < -0.4 is 9.47 Å². The summed E-state index contributed by atoms with van der Waals surface area (Å²) in [6.45, 7) is 3.81. The average Bonchev–Trinajstić information content (AvgIpc) is 3.22. The van der Waals surface area contributed by atoms with E-state index in [4.69, 9.17) is 9.47 Å². The van der Waals surface area contributed by atoms with E-state index in [9.17, 15) is 9.18 Å². The Balaban J connectivity index is 1.56. The summed E-state index contributed by atoms with van der Waals surface area (Å²) >= 11 is 1.26. The van der Waals surface area contributed by atoms with Gasteiger partial charge in [0.1, 0.15) is 29.7 Å². The van der Waals surface area contributed by atoms with E-state index < -0.39 is 0 Å². The quantitative estimate of drug-likeness (QED) is 0.640. The summed E-state index contributed by atoms with van der Waals surface area (Å²) in [7, 11) is 0. The number of carbonyl (C=O) groups excluding carboxylic acids is 1. The van der Waals surface area contributed by atoms with Gasteiger partial charge in [-0.05, 0) is 25.1 Å². The van der Waals surface area contributed by atoms with Crippen molar-refractivity contribution in [1.29, 1.82) is 0 Å². The highest BCUT2D eigenvalue weighted by atomic mass is 32.1. The second-order valence-corrected chi connectivity index (χ2v) is 7.14. The summed E-state index contributed by atoms with van der Waals surface area (Å²) < 4.78 is 25.4. The molecule has 0 bridgehead atoms. The van der Waals surface area contributed by atoms with Crippen LogP contribution in [0.15, 0.2) is 47.8 Å². The first kappa shape index (κ1) is 18.4. The highest BCUT2D eigenvalue weighted by Gasteiger charge is 2.22. The van der Waals surface area contributed by atoms with E-state index in [0.29, 0.717) is 54.1 Å². The molecule has 7 heteroatoms. The largest absolute Gasteiger partial charge is 0.486 e. The number of ether oxygens (including phenoxy) is 2. The van der Waals surface area contributed by atoms with Crippen molar-refractivity contribution in [2.45, 2.75) is 13.5 Å². The topological polar surface area (TPSA) is 51.7 Å². The molecule has 0 N–H and O–H groups in total. The zero-order chi connectivity index (χ0) is 19.5. The van der Waals surface area contributed by atoms with E-state index in [0.717, 1.165) is 5.56 Å². The summed E-state index contributed by atoms with van der Waals surface area (Å²) in [4.78, 5) is 19.0. The number of para-hydroxylation sites is 1. The van der Waals surface area contributed by atoms with Gasteiger partial charge in [-0.1, -0.05) is 24.3 Å². The molecule has 0 saturated heterocycles. The zero-order valence-corrected chi connectivity index (χ0v) is 16.2. The van der Waals surface area contributed by atoms with E-state index >= 15 is 0 Å². The predicted octanol–water partition coefficient (Wildman–Crippen LogP) is 4.38. The highest BCUT2D eigenvalue weighted by Crippen LogP contribution is 2.34. The minimum atomic E-state index is -0.351. The standard InChI is InChI=1S/C21H19FN2O3S/c1-2-24(12-14-6-5-9-18-19(14)27-11-10-26-18)21(25)17-13-28-20(23-17)15-7-3-4-8-16(15)22/h3-9,13H,2,10-12H2,1H3. The second kappa shape index (κ2) is 7.98. The number of fused-ring (bicyclic) bond motifs is 1. The Hall–Kier alpha value is -2.93. The molecule has 3 aromatic rings. The van der Waals surface area contributed by atoms with Crippen molar-refractivity contribution in [2.24, 2.45) is 0 Å². The lowest BCUT2D eigenvalue weighted by Crippen LogP contribution is -2.31. The molecular formula is C21H19FN2O3S. The number of benzene rings is 2. The van der Waals surface area contributed by atoms with Crippen LogP contribution in [0, 0.1) is 5.82 Å². The van der Waals surface area contributed by atoms with Gasteiger partial charge in [0.05, 0.1) is 0 Å². The third kappa shape index (κ3) is 3.57. The lowest BCUT2D eigenvalue weighted by Gasteiger charge is -2.25. The molecule has 0 aliphatic carbocycles. The molecular weight excluding hydrogens is 379 g/mol. The number of amides is 1. The first-order valence-corrected chi connectivity index (χ1v) is 9.92. The predicted molar refractivity (Wildman–Crippen MR) is 105 cm³/mol. The van der Waals surface area contributed by atoms with Crippen molar-refractivity contribution in [3.63, 3.8) is 0 Å². The molecule has 1 aliphatic rings. The highest BCUT2D eigenvalue weighted by molar-refractivity contribution is 7.13. The van der Waals surface area contributed by atoms with E-state index in [1.807, 2.05) is 25.1 Å². The molecule has 1 amide bonds. The fraction of sp³-hybridized carbons (Fsp3) is 0.238. The number of hydrogen-bond donors (Lipinski definition) is 0. The van der Waals surface area contributed by atoms with Crippen LogP contribution in [-0.2, 0) is 6.54 Å². The summed E-state index contributed by atoms with van der Waals surface area (Å²) in [5, 5.41) is 2.17. The molecule has 0 atom stereocenters.